The molecule has 0 spiro atoms. The average Bonchev–Trinajstić information content (AvgIpc) is 3.03. The topological polar surface area (TPSA) is 108 Å². The van der Waals surface area contributed by atoms with Gasteiger partial charge in [0.1, 0.15) is 10.8 Å². The van der Waals surface area contributed by atoms with Crippen molar-refractivity contribution in [1.82, 2.24) is 0 Å². The molecule has 2 amide bonds. The highest BCUT2D eigenvalue weighted by molar-refractivity contribution is 7.14. The number of primary amides is 1. The second kappa shape index (κ2) is 8.88. The van der Waals surface area contributed by atoms with Gasteiger partial charge in [-0.3, -0.25) is 9.59 Å². The lowest BCUT2D eigenvalue weighted by Crippen LogP contribution is -2.30. The highest BCUT2D eigenvalue weighted by atomic mass is 35.5. The van der Waals surface area contributed by atoms with Gasteiger partial charge in [-0.2, -0.15) is 0 Å². The molecule has 0 radical (unpaired) electrons. The number of ether oxygens (including phenoxy) is 2. The van der Waals surface area contributed by atoms with E-state index < -0.39 is 30.5 Å². The molecule has 1 aromatic heterocycles. The molecule has 26 heavy (non-hydrogen) atoms. The zero-order valence-electron chi connectivity index (χ0n) is 13.5. The fraction of sp³-hybridized carbons (Fsp3) is 0.188. The number of nitrogens with one attached hydrogen (secondary N) is 1. The molecular weight excluding hydrogens is 403 g/mol. The van der Waals surface area contributed by atoms with E-state index in [2.05, 4.69) is 5.32 Å². The molecule has 0 bridgehead atoms. The molecule has 2 rings (SSSR count). The normalized spacial score (nSPS) is 11.5. The molecule has 10 heteroatoms. The summed E-state index contributed by atoms with van der Waals surface area (Å²) in [6, 6.07) is 6.04. The fourth-order valence-electron chi connectivity index (χ4n) is 1.83. The summed E-state index contributed by atoms with van der Waals surface area (Å²) in [5.41, 5.74) is 5.37. The van der Waals surface area contributed by atoms with Crippen molar-refractivity contribution in [1.29, 1.82) is 0 Å². The standard InChI is InChI=1S/C16H14Cl2N2O5S/c1-8(25-12-3-2-9(17)6-11(12)18)16(23)24-7-13(21)20-15-10(14(19)22)4-5-26-15/h2-6,8H,7H2,1H3,(H2,19,22)(H,20,21)/t8-/m1/s1. The van der Waals surface area contributed by atoms with Gasteiger partial charge in [0, 0.05) is 5.02 Å². The summed E-state index contributed by atoms with van der Waals surface area (Å²) in [5, 5.41) is 5.02. The lowest BCUT2D eigenvalue weighted by Gasteiger charge is -2.15. The van der Waals surface area contributed by atoms with Gasteiger partial charge in [0.05, 0.1) is 10.6 Å². The van der Waals surface area contributed by atoms with Crippen LogP contribution in [0.4, 0.5) is 5.00 Å². The highest BCUT2D eigenvalue weighted by Crippen LogP contribution is 2.28. The first-order valence-electron chi connectivity index (χ1n) is 7.23. The van der Waals surface area contributed by atoms with Gasteiger partial charge in [-0.05, 0) is 36.6 Å². The van der Waals surface area contributed by atoms with Crippen LogP contribution in [0, 0.1) is 0 Å². The first-order chi connectivity index (χ1) is 12.3. The zero-order chi connectivity index (χ0) is 19.3. The number of hydrogen-bond acceptors (Lipinski definition) is 6. The van der Waals surface area contributed by atoms with Gasteiger partial charge >= 0.3 is 5.97 Å². The van der Waals surface area contributed by atoms with Crippen LogP contribution in [-0.2, 0) is 14.3 Å². The summed E-state index contributed by atoms with van der Waals surface area (Å²) >= 11 is 12.9. The number of anilines is 1. The van der Waals surface area contributed by atoms with Gasteiger partial charge in [-0.25, -0.2) is 4.79 Å². The molecule has 1 heterocycles. The number of esters is 1. The SMILES string of the molecule is C[C@@H](Oc1ccc(Cl)cc1Cl)C(=O)OCC(=O)Nc1sccc1C(N)=O. The Morgan fingerprint density at radius 1 is 1.27 bits per heavy atom. The van der Waals surface area contributed by atoms with Crippen LogP contribution in [0.1, 0.15) is 17.3 Å². The van der Waals surface area contributed by atoms with Gasteiger partial charge < -0.3 is 20.5 Å². The van der Waals surface area contributed by atoms with E-state index in [-0.39, 0.29) is 21.3 Å². The Hall–Kier alpha value is -2.29. The van der Waals surface area contributed by atoms with Crippen molar-refractivity contribution in [3.05, 3.63) is 45.3 Å². The first-order valence-corrected chi connectivity index (χ1v) is 8.87. The van der Waals surface area contributed by atoms with Gasteiger partial charge in [0.15, 0.2) is 12.7 Å². The first kappa shape index (κ1) is 20.0. The Morgan fingerprint density at radius 2 is 2.00 bits per heavy atom. The minimum atomic E-state index is -0.996. The van der Waals surface area contributed by atoms with Crippen LogP contribution >= 0.6 is 34.5 Å². The Bertz CT molecular complexity index is 840. The molecule has 0 aliphatic rings. The number of thiophene rings is 1. The molecule has 0 aliphatic heterocycles. The number of rotatable bonds is 7. The molecule has 7 nitrogen and oxygen atoms in total. The molecule has 138 valence electrons. The number of amides is 2. The third-order valence-corrected chi connectivity index (χ3v) is 4.42. The molecule has 0 aliphatic carbocycles. The minimum absolute atomic E-state index is 0.184. The van der Waals surface area contributed by atoms with E-state index in [0.717, 1.165) is 11.3 Å². The quantitative estimate of drug-likeness (QED) is 0.674. The molecule has 3 N–H and O–H groups in total. The van der Waals surface area contributed by atoms with Crippen molar-refractivity contribution in [3.8, 4) is 5.75 Å². The highest BCUT2D eigenvalue weighted by Gasteiger charge is 2.20. The van der Waals surface area contributed by atoms with Crippen molar-refractivity contribution in [2.24, 2.45) is 5.73 Å². The molecule has 1 atom stereocenters. The van der Waals surface area contributed by atoms with Gasteiger partial charge in [-0.15, -0.1) is 11.3 Å². The predicted octanol–water partition coefficient (Wildman–Crippen LogP) is 3.10. The number of halogens is 2. The molecular formula is C16H14Cl2N2O5S. The van der Waals surface area contributed by atoms with E-state index in [1.54, 1.807) is 11.4 Å². The maximum Gasteiger partial charge on any atom is 0.347 e. The Balaban J connectivity index is 1.86. The van der Waals surface area contributed by atoms with Crippen LogP contribution in [0.25, 0.3) is 0 Å². The molecule has 1 aromatic carbocycles. The maximum absolute atomic E-state index is 11.9. The van der Waals surface area contributed by atoms with Crippen LogP contribution in [0.3, 0.4) is 0 Å². The molecule has 0 saturated carbocycles. The van der Waals surface area contributed by atoms with Gasteiger partial charge in [0.25, 0.3) is 11.8 Å². The van der Waals surface area contributed by atoms with Crippen LogP contribution in [0.5, 0.6) is 5.75 Å². The van der Waals surface area contributed by atoms with E-state index in [4.69, 9.17) is 38.4 Å². The minimum Gasteiger partial charge on any atom is -0.477 e. The van der Waals surface area contributed by atoms with Crippen molar-refractivity contribution in [3.63, 3.8) is 0 Å². The average molecular weight is 417 g/mol. The van der Waals surface area contributed by atoms with E-state index in [1.165, 1.54) is 25.1 Å². The third kappa shape index (κ3) is 5.35. The zero-order valence-corrected chi connectivity index (χ0v) is 15.8. The molecule has 0 saturated heterocycles. The smallest absolute Gasteiger partial charge is 0.347 e. The van der Waals surface area contributed by atoms with Crippen molar-refractivity contribution in [2.75, 3.05) is 11.9 Å². The summed E-state index contributed by atoms with van der Waals surface area (Å²) in [6.07, 6.45) is -0.996. The van der Waals surface area contributed by atoms with Gasteiger partial charge in [-0.1, -0.05) is 23.2 Å². The Kier molecular flexibility index (Phi) is 6.84. The summed E-state index contributed by atoms with van der Waals surface area (Å²) in [5.74, 6) is -1.78. The number of carbonyl (C=O) groups excluding carboxylic acids is 3. The monoisotopic (exact) mass is 416 g/mol. The van der Waals surface area contributed by atoms with E-state index in [0.29, 0.717) is 5.02 Å². The predicted molar refractivity (Wildman–Crippen MR) is 99.0 cm³/mol. The molecule has 0 unspecified atom stereocenters. The largest absolute Gasteiger partial charge is 0.477 e. The summed E-state index contributed by atoms with van der Waals surface area (Å²) in [4.78, 5) is 35.0. The number of benzene rings is 1. The van der Waals surface area contributed by atoms with Crippen LogP contribution in [0.15, 0.2) is 29.6 Å². The lowest BCUT2D eigenvalue weighted by molar-refractivity contribution is -0.153. The molecule has 0 fully saturated rings. The van der Waals surface area contributed by atoms with Crippen LogP contribution < -0.4 is 15.8 Å². The number of carbonyl (C=O) groups is 3. The fourth-order valence-corrected chi connectivity index (χ4v) is 3.09. The Morgan fingerprint density at radius 3 is 2.65 bits per heavy atom. The summed E-state index contributed by atoms with van der Waals surface area (Å²) in [6.45, 7) is 0.909. The van der Waals surface area contributed by atoms with Crippen LogP contribution in [0.2, 0.25) is 10.0 Å². The van der Waals surface area contributed by atoms with Crippen molar-refractivity contribution >= 4 is 57.3 Å². The second-order valence-electron chi connectivity index (χ2n) is 5.02. The van der Waals surface area contributed by atoms with Gasteiger partial charge in [0.2, 0.25) is 0 Å². The van der Waals surface area contributed by atoms with Crippen LogP contribution in [-0.4, -0.2) is 30.5 Å². The lowest BCUT2D eigenvalue weighted by atomic mass is 10.3. The number of hydrogen-bond donors (Lipinski definition) is 2. The third-order valence-electron chi connectivity index (χ3n) is 3.06. The van der Waals surface area contributed by atoms with Crippen molar-refractivity contribution < 1.29 is 23.9 Å². The summed E-state index contributed by atoms with van der Waals surface area (Å²) in [7, 11) is 0. The van der Waals surface area contributed by atoms with E-state index in [1.807, 2.05) is 0 Å². The van der Waals surface area contributed by atoms with E-state index in [9.17, 15) is 14.4 Å². The van der Waals surface area contributed by atoms with Crippen molar-refractivity contribution in [2.45, 2.75) is 13.0 Å². The summed E-state index contributed by atoms with van der Waals surface area (Å²) < 4.78 is 10.3. The number of nitrogens with two attached hydrogens (primary N) is 1. The van der Waals surface area contributed by atoms with E-state index >= 15 is 0 Å². The second-order valence-corrected chi connectivity index (χ2v) is 6.78. The Labute approximate surface area is 163 Å². The maximum atomic E-state index is 11.9. The molecule has 2 aromatic rings.